The molecule has 2 aromatic rings. The van der Waals surface area contributed by atoms with Crippen LogP contribution in [0.5, 0.6) is 5.75 Å². The third-order valence-corrected chi connectivity index (χ3v) is 5.31. The first kappa shape index (κ1) is 22.9. The van der Waals surface area contributed by atoms with Crippen LogP contribution in [-0.4, -0.2) is 28.0 Å². The normalized spacial score (nSPS) is 12.5. The van der Waals surface area contributed by atoms with Crippen molar-refractivity contribution in [3.05, 3.63) is 71.4 Å². The van der Waals surface area contributed by atoms with Gasteiger partial charge in [0.2, 0.25) is 10.0 Å². The Balaban J connectivity index is 1.88. The molecule has 0 aromatic heterocycles. The van der Waals surface area contributed by atoms with Crippen LogP contribution in [0.25, 0.3) is 0 Å². The van der Waals surface area contributed by atoms with Crippen LogP contribution in [-0.2, 0) is 21.2 Å². The van der Waals surface area contributed by atoms with E-state index in [-0.39, 0.29) is 16.5 Å². The summed E-state index contributed by atoms with van der Waals surface area (Å²) in [5.74, 6) is 0.240. The number of amides is 1. The minimum absolute atomic E-state index is 0.0417. The smallest absolute Gasteiger partial charge is 0.263 e. The second-order valence-electron chi connectivity index (χ2n) is 6.53. The van der Waals surface area contributed by atoms with Gasteiger partial charge in [-0.3, -0.25) is 4.79 Å². The molecule has 0 radical (unpaired) electrons. The maximum absolute atomic E-state index is 12.3. The second kappa shape index (κ2) is 10.4. The van der Waals surface area contributed by atoms with E-state index in [0.29, 0.717) is 13.0 Å². The molecule has 4 N–H and O–H groups in total. The number of hydrogen-bond donors (Lipinski definition) is 3. The maximum Gasteiger partial charge on any atom is 0.263 e. The predicted octanol–water partition coefficient (Wildman–Crippen LogP) is 1.76. The number of sulfonamides is 1. The first-order valence-electron chi connectivity index (χ1n) is 9.15. The number of carbonyl (C=O) groups excluding carboxylic acids is 1. The number of nitriles is 1. The number of nitrogens with two attached hydrogens (primary N) is 1. The molecule has 2 aromatic carbocycles. The van der Waals surface area contributed by atoms with Gasteiger partial charge in [0, 0.05) is 12.7 Å². The van der Waals surface area contributed by atoms with Gasteiger partial charge in [-0.05, 0) is 48.7 Å². The fourth-order valence-corrected chi connectivity index (χ4v) is 3.15. The van der Waals surface area contributed by atoms with Gasteiger partial charge >= 0.3 is 0 Å². The number of ether oxygens (including phenoxy) is 1. The van der Waals surface area contributed by atoms with Gasteiger partial charge < -0.3 is 15.4 Å². The van der Waals surface area contributed by atoms with Crippen molar-refractivity contribution in [1.29, 1.82) is 5.26 Å². The Labute approximate surface area is 176 Å². The highest BCUT2D eigenvalue weighted by atomic mass is 32.2. The third-order valence-electron chi connectivity index (χ3n) is 4.38. The zero-order valence-electron chi connectivity index (χ0n) is 16.8. The van der Waals surface area contributed by atoms with E-state index in [0.717, 1.165) is 16.9 Å². The van der Waals surface area contributed by atoms with Crippen LogP contribution >= 0.6 is 0 Å². The largest absolute Gasteiger partial charge is 0.497 e. The number of methoxy groups -OCH3 is 1. The summed E-state index contributed by atoms with van der Waals surface area (Å²) in [4.78, 5) is 12.4. The van der Waals surface area contributed by atoms with Crippen molar-refractivity contribution in [3.8, 4) is 11.8 Å². The van der Waals surface area contributed by atoms with Crippen molar-refractivity contribution in [2.45, 2.75) is 24.3 Å². The quantitative estimate of drug-likeness (QED) is 0.316. The van der Waals surface area contributed by atoms with Crippen LogP contribution in [0.15, 0.2) is 65.2 Å². The van der Waals surface area contributed by atoms with Gasteiger partial charge in [0.25, 0.3) is 5.91 Å². The van der Waals surface area contributed by atoms with Crippen molar-refractivity contribution >= 4 is 15.9 Å². The molecule has 9 heteroatoms. The predicted molar refractivity (Wildman–Crippen MR) is 113 cm³/mol. The van der Waals surface area contributed by atoms with Crippen molar-refractivity contribution in [2.75, 3.05) is 13.7 Å². The first-order valence-corrected chi connectivity index (χ1v) is 10.7. The van der Waals surface area contributed by atoms with E-state index in [2.05, 4.69) is 10.6 Å². The molecule has 0 spiro atoms. The zero-order chi connectivity index (χ0) is 22.1. The lowest BCUT2D eigenvalue weighted by Gasteiger charge is -2.14. The van der Waals surface area contributed by atoms with Crippen LogP contribution in [0.3, 0.4) is 0 Å². The molecule has 0 aliphatic carbocycles. The number of nitrogens with zero attached hydrogens (tertiary/aromatic N) is 1. The molecule has 0 bridgehead atoms. The minimum Gasteiger partial charge on any atom is -0.497 e. The van der Waals surface area contributed by atoms with Gasteiger partial charge in [-0.15, -0.1) is 0 Å². The van der Waals surface area contributed by atoms with Gasteiger partial charge in [-0.2, -0.15) is 5.26 Å². The Morgan fingerprint density at radius 1 is 1.20 bits per heavy atom. The molecular formula is C21H24N4O4S. The lowest BCUT2D eigenvalue weighted by atomic mass is 10.1. The summed E-state index contributed by atoms with van der Waals surface area (Å²) in [5, 5.41) is 20.1. The highest BCUT2D eigenvalue weighted by Crippen LogP contribution is 2.17. The Morgan fingerprint density at radius 3 is 2.37 bits per heavy atom. The van der Waals surface area contributed by atoms with Crippen LogP contribution < -0.4 is 20.5 Å². The number of primary sulfonamides is 1. The molecule has 0 saturated carbocycles. The van der Waals surface area contributed by atoms with E-state index < -0.39 is 15.9 Å². The van der Waals surface area contributed by atoms with Crippen LogP contribution in [0.2, 0.25) is 0 Å². The van der Waals surface area contributed by atoms with E-state index in [1.807, 2.05) is 25.1 Å². The molecule has 2 rings (SSSR count). The molecule has 0 aliphatic heterocycles. The average molecular weight is 429 g/mol. The standard InChI is InChI=1S/C21H24N4O4S/c1-15(17-5-7-19(29-2)8-6-17)25-21(26)18(13-22)14-24-12-11-16-3-9-20(10-4-16)30(23,27)28/h3-10,14-15,24H,11-12H2,1-2H3,(H,25,26)(H2,23,27,28)/b18-14-. The summed E-state index contributed by atoms with van der Waals surface area (Å²) < 4.78 is 27.6. The van der Waals surface area contributed by atoms with E-state index >= 15 is 0 Å². The molecule has 30 heavy (non-hydrogen) atoms. The van der Waals surface area contributed by atoms with E-state index in [4.69, 9.17) is 9.88 Å². The monoisotopic (exact) mass is 428 g/mol. The summed E-state index contributed by atoms with van der Waals surface area (Å²) in [5.41, 5.74) is 1.73. The van der Waals surface area contributed by atoms with Crippen LogP contribution in [0.4, 0.5) is 0 Å². The Bertz CT molecular complexity index is 1040. The molecule has 0 aliphatic rings. The summed E-state index contributed by atoms with van der Waals surface area (Å²) in [6.07, 6.45) is 1.94. The fraction of sp³-hybridized carbons (Fsp3) is 0.238. The highest BCUT2D eigenvalue weighted by Gasteiger charge is 2.14. The maximum atomic E-state index is 12.3. The third kappa shape index (κ3) is 6.62. The Hall–Kier alpha value is -3.35. The van der Waals surface area contributed by atoms with Gasteiger partial charge in [-0.25, -0.2) is 13.6 Å². The summed E-state index contributed by atoms with van der Waals surface area (Å²) in [6, 6.07) is 15.1. The Morgan fingerprint density at radius 2 is 1.83 bits per heavy atom. The molecule has 0 saturated heterocycles. The van der Waals surface area contributed by atoms with Gasteiger partial charge in [0.05, 0.1) is 18.0 Å². The summed E-state index contributed by atoms with van der Waals surface area (Å²) in [7, 11) is -2.13. The SMILES string of the molecule is COc1ccc(C(C)NC(=O)/C(C#N)=C\NCCc2ccc(S(N)(=O)=O)cc2)cc1. The summed E-state index contributed by atoms with van der Waals surface area (Å²) in [6.45, 7) is 2.29. The number of nitrogens with one attached hydrogen (secondary N) is 2. The molecule has 1 unspecified atom stereocenters. The van der Waals surface area contributed by atoms with Gasteiger partial charge in [0.15, 0.2) is 0 Å². The Kier molecular flexibility index (Phi) is 7.98. The lowest BCUT2D eigenvalue weighted by Crippen LogP contribution is -2.28. The van der Waals surface area contributed by atoms with Gasteiger partial charge in [-0.1, -0.05) is 24.3 Å². The second-order valence-corrected chi connectivity index (χ2v) is 8.09. The zero-order valence-corrected chi connectivity index (χ0v) is 17.6. The topological polar surface area (TPSA) is 134 Å². The molecular weight excluding hydrogens is 404 g/mol. The first-order chi connectivity index (χ1) is 14.2. The van der Waals surface area contributed by atoms with Crippen LogP contribution in [0, 0.1) is 11.3 Å². The number of hydrogen-bond acceptors (Lipinski definition) is 6. The lowest BCUT2D eigenvalue weighted by molar-refractivity contribution is -0.117. The molecule has 158 valence electrons. The molecule has 8 nitrogen and oxygen atoms in total. The van der Waals surface area contributed by atoms with Crippen molar-refractivity contribution in [2.24, 2.45) is 5.14 Å². The average Bonchev–Trinajstić information content (AvgIpc) is 2.73. The van der Waals surface area contributed by atoms with E-state index in [9.17, 15) is 18.5 Å². The van der Waals surface area contributed by atoms with E-state index in [1.165, 1.54) is 18.3 Å². The highest BCUT2D eigenvalue weighted by molar-refractivity contribution is 7.89. The number of carbonyl (C=O) groups is 1. The van der Waals surface area contributed by atoms with Crippen LogP contribution in [0.1, 0.15) is 24.1 Å². The molecule has 0 fully saturated rings. The fourth-order valence-electron chi connectivity index (χ4n) is 2.64. The van der Waals surface area contributed by atoms with Gasteiger partial charge in [0.1, 0.15) is 17.4 Å². The minimum atomic E-state index is -3.71. The summed E-state index contributed by atoms with van der Waals surface area (Å²) >= 11 is 0. The number of benzene rings is 2. The van der Waals surface area contributed by atoms with E-state index in [1.54, 1.807) is 31.4 Å². The molecule has 0 heterocycles. The van der Waals surface area contributed by atoms with Crippen molar-refractivity contribution in [1.82, 2.24) is 10.6 Å². The van der Waals surface area contributed by atoms with Crippen molar-refractivity contribution in [3.63, 3.8) is 0 Å². The van der Waals surface area contributed by atoms with Crippen molar-refractivity contribution < 1.29 is 17.9 Å². The molecule has 1 amide bonds. The molecule has 1 atom stereocenters. The number of rotatable bonds is 9.